The molecule has 1 amide bonds. The average molecular weight is 339 g/mol. The Kier molecular flexibility index (Phi) is 5.61. The van der Waals surface area contributed by atoms with Crippen LogP contribution in [0, 0.1) is 5.82 Å². The largest absolute Gasteiger partial charge is 0.381 e. The van der Waals surface area contributed by atoms with Crippen LogP contribution in [0.5, 0.6) is 0 Å². The highest BCUT2D eigenvalue weighted by atomic mass is 19.1. The first-order chi connectivity index (χ1) is 12.2. The molecule has 1 aliphatic rings. The monoisotopic (exact) mass is 339 g/mol. The lowest BCUT2D eigenvalue weighted by molar-refractivity contribution is -0.116. The summed E-state index contributed by atoms with van der Waals surface area (Å²) in [6, 6.07) is 16.3. The van der Waals surface area contributed by atoms with Crippen LogP contribution in [0.4, 0.5) is 4.39 Å². The average Bonchev–Trinajstić information content (AvgIpc) is 2.67. The molecular weight excluding hydrogens is 317 g/mol. The fourth-order valence-electron chi connectivity index (χ4n) is 3.18. The van der Waals surface area contributed by atoms with Gasteiger partial charge in [0, 0.05) is 31.2 Å². The van der Waals surface area contributed by atoms with Gasteiger partial charge in [-0.05, 0) is 42.2 Å². The molecule has 3 rings (SSSR count). The topological polar surface area (TPSA) is 38.3 Å². The van der Waals surface area contributed by atoms with E-state index in [4.69, 9.17) is 4.74 Å². The summed E-state index contributed by atoms with van der Waals surface area (Å²) in [5.41, 5.74) is 1.94. The first-order valence-corrected chi connectivity index (χ1v) is 8.53. The number of hydrogen-bond acceptors (Lipinski definition) is 2. The van der Waals surface area contributed by atoms with Crippen LogP contribution in [-0.2, 0) is 14.9 Å². The molecule has 4 heteroatoms. The first kappa shape index (κ1) is 17.4. The van der Waals surface area contributed by atoms with E-state index >= 15 is 0 Å². The normalized spacial score (nSPS) is 16.7. The molecule has 0 aromatic heterocycles. The maximum absolute atomic E-state index is 12.9. The van der Waals surface area contributed by atoms with E-state index in [0.29, 0.717) is 19.8 Å². The second-order valence-electron chi connectivity index (χ2n) is 6.36. The summed E-state index contributed by atoms with van der Waals surface area (Å²) >= 11 is 0. The van der Waals surface area contributed by atoms with Crippen molar-refractivity contribution in [1.29, 1.82) is 0 Å². The Morgan fingerprint density at radius 2 is 1.76 bits per heavy atom. The smallest absolute Gasteiger partial charge is 0.244 e. The third kappa shape index (κ3) is 4.54. The minimum absolute atomic E-state index is 0.0844. The van der Waals surface area contributed by atoms with E-state index < -0.39 is 0 Å². The molecule has 0 aliphatic carbocycles. The van der Waals surface area contributed by atoms with Gasteiger partial charge >= 0.3 is 0 Å². The minimum Gasteiger partial charge on any atom is -0.381 e. The summed E-state index contributed by atoms with van der Waals surface area (Å²) in [5.74, 6) is -0.433. The number of ether oxygens (including phenoxy) is 1. The van der Waals surface area contributed by atoms with Crippen LogP contribution in [0.2, 0.25) is 0 Å². The van der Waals surface area contributed by atoms with E-state index in [0.717, 1.165) is 18.4 Å². The van der Waals surface area contributed by atoms with Crippen molar-refractivity contribution >= 4 is 12.0 Å². The molecule has 2 aromatic carbocycles. The lowest BCUT2D eigenvalue weighted by Crippen LogP contribution is -2.44. The summed E-state index contributed by atoms with van der Waals surface area (Å²) in [6.07, 6.45) is 4.96. The van der Waals surface area contributed by atoms with Gasteiger partial charge in [-0.15, -0.1) is 0 Å². The zero-order valence-electron chi connectivity index (χ0n) is 14.1. The summed E-state index contributed by atoms with van der Waals surface area (Å²) in [6.45, 7) is 1.99. The quantitative estimate of drug-likeness (QED) is 0.844. The predicted octanol–water partition coefficient (Wildman–Crippen LogP) is 3.70. The van der Waals surface area contributed by atoms with Gasteiger partial charge in [0.2, 0.25) is 5.91 Å². The number of benzene rings is 2. The Hall–Kier alpha value is -2.46. The van der Waals surface area contributed by atoms with Gasteiger partial charge in [-0.25, -0.2) is 4.39 Å². The van der Waals surface area contributed by atoms with E-state index in [2.05, 4.69) is 17.4 Å². The molecule has 0 saturated carbocycles. The van der Waals surface area contributed by atoms with E-state index in [1.54, 1.807) is 18.2 Å². The summed E-state index contributed by atoms with van der Waals surface area (Å²) < 4.78 is 18.4. The van der Waals surface area contributed by atoms with Crippen molar-refractivity contribution in [2.45, 2.75) is 18.3 Å². The zero-order valence-corrected chi connectivity index (χ0v) is 14.1. The van der Waals surface area contributed by atoms with Gasteiger partial charge in [0.25, 0.3) is 0 Å². The van der Waals surface area contributed by atoms with Gasteiger partial charge < -0.3 is 10.1 Å². The summed E-state index contributed by atoms with van der Waals surface area (Å²) in [5, 5.41) is 3.02. The van der Waals surface area contributed by atoms with Gasteiger partial charge in [0.1, 0.15) is 5.82 Å². The van der Waals surface area contributed by atoms with Crippen molar-refractivity contribution < 1.29 is 13.9 Å². The Labute approximate surface area is 147 Å². The third-order valence-corrected chi connectivity index (χ3v) is 4.73. The molecule has 0 spiro atoms. The zero-order chi connectivity index (χ0) is 17.5. The third-order valence-electron chi connectivity index (χ3n) is 4.73. The van der Waals surface area contributed by atoms with Crippen LogP contribution in [0.3, 0.4) is 0 Å². The van der Waals surface area contributed by atoms with Gasteiger partial charge in [-0.3, -0.25) is 4.79 Å². The molecule has 3 nitrogen and oxygen atoms in total. The van der Waals surface area contributed by atoms with Crippen molar-refractivity contribution in [3.8, 4) is 0 Å². The predicted molar refractivity (Wildman–Crippen MR) is 96.6 cm³/mol. The molecule has 1 heterocycles. The number of amides is 1. The molecule has 2 aromatic rings. The van der Waals surface area contributed by atoms with Crippen molar-refractivity contribution in [3.63, 3.8) is 0 Å². The van der Waals surface area contributed by atoms with Crippen LogP contribution in [0.25, 0.3) is 6.08 Å². The molecule has 0 atom stereocenters. The first-order valence-electron chi connectivity index (χ1n) is 8.53. The van der Waals surface area contributed by atoms with E-state index in [1.807, 2.05) is 18.2 Å². The molecule has 0 radical (unpaired) electrons. The fraction of sp³-hybridized carbons (Fsp3) is 0.286. The Morgan fingerprint density at radius 3 is 2.44 bits per heavy atom. The molecule has 25 heavy (non-hydrogen) atoms. The molecule has 1 fully saturated rings. The van der Waals surface area contributed by atoms with E-state index in [9.17, 15) is 9.18 Å². The number of nitrogens with one attached hydrogen (secondary N) is 1. The van der Waals surface area contributed by atoms with Crippen LogP contribution in [0.1, 0.15) is 24.0 Å². The standard InChI is InChI=1S/C21H22FNO2/c22-19-9-6-17(7-10-19)8-11-20(24)23-16-21(12-14-25-15-13-21)18-4-2-1-3-5-18/h1-11H,12-16H2,(H,23,24)/b11-8+. The van der Waals surface area contributed by atoms with Crippen LogP contribution < -0.4 is 5.32 Å². The van der Waals surface area contributed by atoms with Crippen molar-refractivity contribution in [2.75, 3.05) is 19.8 Å². The van der Waals surface area contributed by atoms with Crippen molar-refractivity contribution in [2.24, 2.45) is 0 Å². The van der Waals surface area contributed by atoms with Gasteiger partial charge in [0.05, 0.1) is 0 Å². The van der Waals surface area contributed by atoms with E-state index in [1.165, 1.54) is 23.8 Å². The molecule has 0 bridgehead atoms. The molecular formula is C21H22FNO2. The van der Waals surface area contributed by atoms with Gasteiger partial charge in [0.15, 0.2) is 0 Å². The van der Waals surface area contributed by atoms with Crippen LogP contribution >= 0.6 is 0 Å². The summed E-state index contributed by atoms with van der Waals surface area (Å²) in [7, 11) is 0. The highest BCUT2D eigenvalue weighted by molar-refractivity contribution is 5.91. The molecule has 1 N–H and O–H groups in total. The minimum atomic E-state index is -0.286. The number of carbonyl (C=O) groups excluding carboxylic acids is 1. The lowest BCUT2D eigenvalue weighted by Gasteiger charge is -2.37. The van der Waals surface area contributed by atoms with Crippen LogP contribution in [0.15, 0.2) is 60.7 Å². The molecule has 1 saturated heterocycles. The highest BCUT2D eigenvalue weighted by Gasteiger charge is 2.34. The Morgan fingerprint density at radius 1 is 1.08 bits per heavy atom. The SMILES string of the molecule is O=C(/C=C/c1ccc(F)cc1)NCC1(c2ccccc2)CCOCC1. The number of hydrogen-bond donors (Lipinski definition) is 1. The Bertz CT molecular complexity index is 719. The number of rotatable bonds is 5. The molecule has 1 aliphatic heterocycles. The second-order valence-corrected chi connectivity index (χ2v) is 6.36. The van der Waals surface area contributed by atoms with Crippen molar-refractivity contribution in [1.82, 2.24) is 5.32 Å². The van der Waals surface area contributed by atoms with Gasteiger partial charge in [-0.2, -0.15) is 0 Å². The summed E-state index contributed by atoms with van der Waals surface area (Å²) in [4.78, 5) is 12.2. The van der Waals surface area contributed by atoms with Crippen LogP contribution in [-0.4, -0.2) is 25.7 Å². The fourth-order valence-corrected chi connectivity index (χ4v) is 3.18. The number of carbonyl (C=O) groups is 1. The maximum Gasteiger partial charge on any atom is 0.244 e. The van der Waals surface area contributed by atoms with Crippen molar-refractivity contribution in [3.05, 3.63) is 77.6 Å². The highest BCUT2D eigenvalue weighted by Crippen LogP contribution is 2.34. The maximum atomic E-state index is 12.9. The molecule has 0 unspecified atom stereocenters. The Balaban J connectivity index is 1.65. The number of halogens is 1. The van der Waals surface area contributed by atoms with E-state index in [-0.39, 0.29) is 17.1 Å². The van der Waals surface area contributed by atoms with Gasteiger partial charge in [-0.1, -0.05) is 42.5 Å². The lowest BCUT2D eigenvalue weighted by atomic mass is 9.74. The molecule has 130 valence electrons. The second kappa shape index (κ2) is 8.08.